The maximum atomic E-state index is 5.34. The van der Waals surface area contributed by atoms with Gasteiger partial charge in [0.2, 0.25) is 0 Å². The first-order valence-corrected chi connectivity index (χ1v) is 2.60. The molecule has 9 heavy (non-hydrogen) atoms. The molecule has 0 amide bonds. The lowest BCUT2D eigenvalue weighted by atomic mass is 10.5. The van der Waals surface area contributed by atoms with Crippen LogP contribution in [0.1, 0.15) is 5.69 Å². The number of rotatable bonds is 1. The van der Waals surface area contributed by atoms with E-state index in [1.54, 1.807) is 13.2 Å². The third kappa shape index (κ3) is 0.960. The number of hydrogen-bond donors (Lipinski definition) is 1. The zero-order valence-electron chi connectivity index (χ0n) is 5.46. The van der Waals surface area contributed by atoms with E-state index in [9.17, 15) is 0 Å². The number of nitrogen functional groups attached to an aromatic ring is 1. The fourth-order valence-electron chi connectivity index (χ4n) is 0.667. The van der Waals surface area contributed by atoms with Gasteiger partial charge in [-0.15, -0.1) is 9.94 Å². The Kier molecular flexibility index (Phi) is 1.30. The molecule has 1 aromatic heterocycles. The van der Waals surface area contributed by atoms with Crippen molar-refractivity contribution in [3.8, 4) is 0 Å². The molecule has 4 heteroatoms. The molecular weight excluding hydrogens is 118 g/mol. The third-order valence-electron chi connectivity index (χ3n) is 1.04. The minimum atomic E-state index is 0.481. The van der Waals surface area contributed by atoms with Gasteiger partial charge in [0.25, 0.3) is 0 Å². The number of aromatic nitrogens is 2. The highest BCUT2D eigenvalue weighted by Gasteiger charge is 1.97. The van der Waals surface area contributed by atoms with Gasteiger partial charge in [-0.25, -0.2) is 0 Å². The number of aryl methyl sites for hydroxylation is 1. The minimum absolute atomic E-state index is 0.481. The van der Waals surface area contributed by atoms with Crippen molar-refractivity contribution in [3.05, 3.63) is 11.8 Å². The second-order valence-corrected chi connectivity index (χ2v) is 1.77. The summed E-state index contributed by atoms with van der Waals surface area (Å²) in [6, 6.07) is 1.74. The Bertz CT molecular complexity index is 206. The molecule has 0 saturated heterocycles. The highest BCUT2D eigenvalue weighted by Crippen LogP contribution is 2.00. The Morgan fingerprint density at radius 3 is 2.67 bits per heavy atom. The first kappa shape index (κ1) is 5.94. The van der Waals surface area contributed by atoms with Gasteiger partial charge in [-0.05, 0) is 6.92 Å². The van der Waals surface area contributed by atoms with Gasteiger partial charge in [0.1, 0.15) is 12.9 Å². The van der Waals surface area contributed by atoms with E-state index in [0.717, 1.165) is 5.69 Å². The molecular formula is C5H9N3O. The molecule has 0 aliphatic carbocycles. The average Bonchev–Trinajstić information content (AvgIpc) is 2.10. The molecule has 1 heterocycles. The Morgan fingerprint density at radius 1 is 1.78 bits per heavy atom. The third-order valence-corrected chi connectivity index (χ3v) is 1.04. The Labute approximate surface area is 53.2 Å². The summed E-state index contributed by atoms with van der Waals surface area (Å²) in [5, 5.41) is 3.80. The summed E-state index contributed by atoms with van der Waals surface area (Å²) in [5.41, 5.74) is 6.24. The van der Waals surface area contributed by atoms with Crippen LogP contribution in [0.3, 0.4) is 0 Å². The van der Waals surface area contributed by atoms with Crippen molar-refractivity contribution in [2.75, 3.05) is 12.8 Å². The first-order chi connectivity index (χ1) is 4.24. The maximum absolute atomic E-state index is 5.34. The zero-order chi connectivity index (χ0) is 6.85. The van der Waals surface area contributed by atoms with Gasteiger partial charge in [-0.2, -0.15) is 0 Å². The van der Waals surface area contributed by atoms with Crippen molar-refractivity contribution >= 4 is 5.82 Å². The van der Waals surface area contributed by atoms with Crippen LogP contribution in [0.2, 0.25) is 0 Å². The largest absolute Gasteiger partial charge is 0.400 e. The summed E-state index contributed by atoms with van der Waals surface area (Å²) in [4.78, 5) is 6.16. The van der Waals surface area contributed by atoms with Gasteiger partial charge in [0, 0.05) is 6.07 Å². The second-order valence-electron chi connectivity index (χ2n) is 1.77. The molecule has 2 N–H and O–H groups in total. The summed E-state index contributed by atoms with van der Waals surface area (Å²) < 4.78 is 0. The monoisotopic (exact) mass is 127 g/mol. The molecule has 0 atom stereocenters. The summed E-state index contributed by atoms with van der Waals surface area (Å²) in [5.74, 6) is 0.481. The van der Waals surface area contributed by atoms with E-state index < -0.39 is 0 Å². The molecule has 1 aromatic rings. The predicted molar refractivity (Wildman–Crippen MR) is 33.9 cm³/mol. The van der Waals surface area contributed by atoms with E-state index in [4.69, 9.17) is 10.6 Å². The molecule has 0 saturated carbocycles. The van der Waals surface area contributed by atoms with Gasteiger partial charge in [0.05, 0.1) is 5.69 Å². The van der Waals surface area contributed by atoms with Crippen LogP contribution in [0.5, 0.6) is 0 Å². The second kappa shape index (κ2) is 1.97. The van der Waals surface area contributed by atoms with Crippen LogP contribution < -0.4 is 10.6 Å². The molecule has 4 nitrogen and oxygen atoms in total. The molecule has 0 unspecified atom stereocenters. The van der Waals surface area contributed by atoms with Crippen LogP contribution in [0.4, 0.5) is 5.82 Å². The van der Waals surface area contributed by atoms with Gasteiger partial charge in [0.15, 0.2) is 0 Å². The average molecular weight is 127 g/mol. The lowest BCUT2D eigenvalue weighted by molar-refractivity contribution is 0.129. The predicted octanol–water partition coefficient (Wildman–Crippen LogP) is -0.168. The number of hydrogen-bond acceptors (Lipinski definition) is 3. The molecule has 0 aliphatic rings. The lowest BCUT2D eigenvalue weighted by Gasteiger charge is -1.97. The standard InChI is InChI=1S/C5H9N3O/c1-4-3-5(6)7-8(4)9-2/h3H,1-2H3,(H2,6,7). The minimum Gasteiger partial charge on any atom is -0.400 e. The molecule has 0 radical (unpaired) electrons. The zero-order valence-corrected chi connectivity index (χ0v) is 5.46. The van der Waals surface area contributed by atoms with Crippen LogP contribution in [-0.2, 0) is 0 Å². The fourth-order valence-corrected chi connectivity index (χ4v) is 0.667. The lowest BCUT2D eigenvalue weighted by Crippen LogP contribution is -2.09. The van der Waals surface area contributed by atoms with E-state index in [-0.39, 0.29) is 0 Å². The summed E-state index contributed by atoms with van der Waals surface area (Å²) in [7, 11) is 1.54. The number of nitrogens with zero attached hydrogens (tertiary/aromatic N) is 2. The Hall–Kier alpha value is -1.19. The Balaban J connectivity index is 3.01. The van der Waals surface area contributed by atoms with E-state index in [0.29, 0.717) is 5.82 Å². The van der Waals surface area contributed by atoms with Gasteiger partial charge >= 0.3 is 0 Å². The Morgan fingerprint density at radius 2 is 2.44 bits per heavy atom. The van der Waals surface area contributed by atoms with Gasteiger partial charge in [-0.3, -0.25) is 0 Å². The highest BCUT2D eigenvalue weighted by molar-refractivity contribution is 5.28. The van der Waals surface area contributed by atoms with Crippen molar-refractivity contribution < 1.29 is 4.84 Å². The van der Waals surface area contributed by atoms with Crippen LogP contribution in [0.15, 0.2) is 6.07 Å². The molecule has 1 rings (SSSR count). The van der Waals surface area contributed by atoms with Crippen LogP contribution in [-0.4, -0.2) is 17.1 Å². The van der Waals surface area contributed by atoms with Gasteiger partial charge in [-0.1, -0.05) is 0 Å². The van der Waals surface area contributed by atoms with Crippen molar-refractivity contribution in [1.29, 1.82) is 0 Å². The first-order valence-electron chi connectivity index (χ1n) is 2.60. The molecule has 0 spiro atoms. The quantitative estimate of drug-likeness (QED) is 0.570. The molecule has 0 fully saturated rings. The van der Waals surface area contributed by atoms with Crippen LogP contribution >= 0.6 is 0 Å². The SMILES string of the molecule is COn1nc(N)cc1C. The molecule has 50 valence electrons. The smallest absolute Gasteiger partial charge is 0.149 e. The summed E-state index contributed by atoms with van der Waals surface area (Å²) in [6.07, 6.45) is 0. The summed E-state index contributed by atoms with van der Waals surface area (Å²) in [6.45, 7) is 1.87. The van der Waals surface area contributed by atoms with Crippen molar-refractivity contribution in [2.24, 2.45) is 0 Å². The molecule has 0 aromatic carbocycles. The van der Waals surface area contributed by atoms with E-state index in [2.05, 4.69) is 5.10 Å². The van der Waals surface area contributed by atoms with E-state index in [1.165, 1.54) is 4.85 Å². The number of nitrogens with two attached hydrogens (primary N) is 1. The maximum Gasteiger partial charge on any atom is 0.149 e. The van der Waals surface area contributed by atoms with Crippen LogP contribution in [0, 0.1) is 6.92 Å². The summed E-state index contributed by atoms with van der Waals surface area (Å²) >= 11 is 0. The topological polar surface area (TPSA) is 53.1 Å². The van der Waals surface area contributed by atoms with E-state index in [1.807, 2.05) is 6.92 Å². The fraction of sp³-hybridized carbons (Fsp3) is 0.400. The van der Waals surface area contributed by atoms with E-state index >= 15 is 0 Å². The molecule has 0 bridgehead atoms. The van der Waals surface area contributed by atoms with Crippen molar-refractivity contribution in [1.82, 2.24) is 9.94 Å². The van der Waals surface area contributed by atoms with Crippen molar-refractivity contribution in [3.63, 3.8) is 0 Å². The van der Waals surface area contributed by atoms with Crippen LogP contribution in [0.25, 0.3) is 0 Å². The van der Waals surface area contributed by atoms with Gasteiger partial charge < -0.3 is 10.6 Å². The highest BCUT2D eigenvalue weighted by atomic mass is 16.7. The molecule has 0 aliphatic heterocycles. The van der Waals surface area contributed by atoms with Crippen molar-refractivity contribution in [2.45, 2.75) is 6.92 Å². The normalized spacial score (nSPS) is 9.56. The number of anilines is 1.